The van der Waals surface area contributed by atoms with E-state index in [-0.39, 0.29) is 5.56 Å². The molecular weight excluding hydrogens is 369 g/mol. The fourth-order valence-electron chi connectivity index (χ4n) is 1.81. The summed E-state index contributed by atoms with van der Waals surface area (Å²) in [6.45, 7) is 4.21. The van der Waals surface area contributed by atoms with Crippen LogP contribution >= 0.6 is 22.6 Å². The van der Waals surface area contributed by atoms with Crippen LogP contribution in [0.5, 0.6) is 5.88 Å². The van der Waals surface area contributed by atoms with Crippen molar-refractivity contribution >= 4 is 22.6 Å². The molecule has 0 unspecified atom stereocenters. The molecule has 0 bridgehead atoms. The van der Waals surface area contributed by atoms with E-state index >= 15 is 0 Å². The molecule has 0 spiro atoms. The maximum Gasteiger partial charge on any atom is 0.264 e. The van der Waals surface area contributed by atoms with Crippen molar-refractivity contribution in [3.05, 3.63) is 37.9 Å². The van der Waals surface area contributed by atoms with Gasteiger partial charge in [-0.15, -0.1) is 0 Å². The Morgan fingerprint density at radius 3 is 2.70 bits per heavy atom. The highest BCUT2D eigenvalue weighted by Gasteiger charge is 2.12. The average molecular weight is 385 g/mol. The van der Waals surface area contributed by atoms with Crippen LogP contribution < -0.4 is 10.3 Å². The second kappa shape index (κ2) is 6.34. The number of hydrogen-bond donors (Lipinski definition) is 1. The van der Waals surface area contributed by atoms with Gasteiger partial charge in [0.1, 0.15) is 5.82 Å². The zero-order valence-electron chi connectivity index (χ0n) is 11.6. The van der Waals surface area contributed by atoms with Gasteiger partial charge in [-0.3, -0.25) is 4.79 Å². The van der Waals surface area contributed by atoms with Crippen molar-refractivity contribution in [2.24, 2.45) is 5.92 Å². The van der Waals surface area contributed by atoms with E-state index in [1.807, 2.05) is 28.7 Å². The van der Waals surface area contributed by atoms with E-state index in [1.165, 1.54) is 0 Å². The Balaban J connectivity index is 2.45. The van der Waals surface area contributed by atoms with Crippen molar-refractivity contribution in [2.75, 3.05) is 7.11 Å². The lowest BCUT2D eigenvalue weighted by Gasteiger charge is -2.09. The summed E-state index contributed by atoms with van der Waals surface area (Å²) in [5, 5.41) is 0. The van der Waals surface area contributed by atoms with E-state index < -0.39 is 0 Å². The summed E-state index contributed by atoms with van der Waals surface area (Å²) >= 11 is 2.04. The Hall–Kier alpha value is -1.44. The summed E-state index contributed by atoms with van der Waals surface area (Å²) in [5.41, 5.74) is 1.49. The molecular formula is C14H16IN3O2. The first-order valence-corrected chi connectivity index (χ1v) is 7.38. The van der Waals surface area contributed by atoms with Gasteiger partial charge in [-0.05, 0) is 41.0 Å². The lowest BCUT2D eigenvalue weighted by molar-refractivity contribution is 0.398. The minimum Gasteiger partial charge on any atom is -0.481 e. The zero-order valence-corrected chi connectivity index (χ0v) is 13.8. The maximum absolute atomic E-state index is 12.0. The Morgan fingerprint density at radius 1 is 1.40 bits per heavy atom. The number of aromatic amines is 1. The van der Waals surface area contributed by atoms with E-state index in [2.05, 4.69) is 28.8 Å². The summed E-state index contributed by atoms with van der Waals surface area (Å²) in [4.78, 5) is 23.5. The molecule has 106 valence electrons. The monoisotopic (exact) mass is 385 g/mol. The number of ether oxygens (including phenoxy) is 1. The minimum atomic E-state index is -0.109. The molecule has 0 aromatic carbocycles. The SMILES string of the molecule is COc1ccc(-c2nc(CC(C)C)c(I)c(=O)[nH]2)cn1. The first-order valence-electron chi connectivity index (χ1n) is 6.30. The third-order valence-electron chi connectivity index (χ3n) is 2.75. The van der Waals surface area contributed by atoms with Gasteiger partial charge in [0.25, 0.3) is 5.56 Å². The number of rotatable bonds is 4. The number of nitrogens with zero attached hydrogens (tertiary/aromatic N) is 2. The van der Waals surface area contributed by atoms with E-state index in [1.54, 1.807) is 19.4 Å². The summed E-state index contributed by atoms with van der Waals surface area (Å²) in [5.74, 6) is 1.52. The maximum atomic E-state index is 12.0. The van der Waals surface area contributed by atoms with Crippen LogP contribution in [0.4, 0.5) is 0 Å². The fraction of sp³-hybridized carbons (Fsp3) is 0.357. The van der Waals surface area contributed by atoms with Crippen LogP contribution in [0, 0.1) is 9.49 Å². The van der Waals surface area contributed by atoms with Gasteiger partial charge in [0, 0.05) is 17.8 Å². The number of halogens is 1. The van der Waals surface area contributed by atoms with E-state index in [0.29, 0.717) is 21.2 Å². The molecule has 0 aliphatic rings. The van der Waals surface area contributed by atoms with Gasteiger partial charge in [-0.1, -0.05) is 13.8 Å². The van der Waals surface area contributed by atoms with Crippen molar-refractivity contribution in [3.63, 3.8) is 0 Å². The highest BCUT2D eigenvalue weighted by atomic mass is 127. The van der Waals surface area contributed by atoms with Crippen LogP contribution in [-0.2, 0) is 6.42 Å². The second-order valence-corrected chi connectivity index (χ2v) is 5.94. The molecule has 0 aliphatic heterocycles. The number of methoxy groups -OCH3 is 1. The molecule has 2 aromatic rings. The molecule has 0 saturated heterocycles. The predicted molar refractivity (Wildman–Crippen MR) is 85.9 cm³/mol. The Bertz CT molecular complexity index is 650. The predicted octanol–water partition coefficient (Wildman–Crippen LogP) is 2.64. The van der Waals surface area contributed by atoms with Gasteiger partial charge >= 0.3 is 0 Å². The van der Waals surface area contributed by atoms with Crippen LogP contribution in [0.1, 0.15) is 19.5 Å². The zero-order chi connectivity index (χ0) is 14.7. The summed E-state index contributed by atoms with van der Waals surface area (Å²) in [6.07, 6.45) is 2.42. The number of nitrogens with one attached hydrogen (secondary N) is 1. The van der Waals surface area contributed by atoms with Crippen molar-refractivity contribution in [3.8, 4) is 17.3 Å². The number of pyridine rings is 1. The molecule has 2 heterocycles. The van der Waals surface area contributed by atoms with Gasteiger partial charge in [-0.2, -0.15) is 0 Å². The molecule has 0 amide bonds. The van der Waals surface area contributed by atoms with Gasteiger partial charge < -0.3 is 9.72 Å². The fourth-order valence-corrected chi connectivity index (χ4v) is 2.28. The van der Waals surface area contributed by atoms with E-state index in [4.69, 9.17) is 4.74 Å². The normalized spacial score (nSPS) is 10.8. The molecule has 2 aromatic heterocycles. The largest absolute Gasteiger partial charge is 0.481 e. The first kappa shape index (κ1) is 15.0. The van der Waals surface area contributed by atoms with E-state index in [9.17, 15) is 4.79 Å². The quantitative estimate of drug-likeness (QED) is 0.822. The first-order chi connectivity index (χ1) is 9.51. The van der Waals surface area contributed by atoms with Crippen LogP contribution in [0.2, 0.25) is 0 Å². The summed E-state index contributed by atoms with van der Waals surface area (Å²) in [7, 11) is 1.56. The molecule has 20 heavy (non-hydrogen) atoms. The molecule has 0 atom stereocenters. The summed E-state index contributed by atoms with van der Waals surface area (Å²) in [6, 6.07) is 3.57. The third-order valence-corrected chi connectivity index (χ3v) is 3.86. The van der Waals surface area contributed by atoms with Crippen LogP contribution in [0.3, 0.4) is 0 Å². The minimum absolute atomic E-state index is 0.109. The van der Waals surface area contributed by atoms with Crippen molar-refractivity contribution in [1.82, 2.24) is 15.0 Å². The van der Waals surface area contributed by atoms with Gasteiger partial charge in [0.2, 0.25) is 5.88 Å². The summed E-state index contributed by atoms with van der Waals surface area (Å²) < 4.78 is 5.67. The van der Waals surface area contributed by atoms with Gasteiger partial charge in [0.05, 0.1) is 16.4 Å². The molecule has 0 aliphatic carbocycles. The third kappa shape index (κ3) is 3.36. The van der Waals surface area contributed by atoms with Gasteiger partial charge in [0.15, 0.2) is 0 Å². The van der Waals surface area contributed by atoms with E-state index in [0.717, 1.165) is 17.7 Å². The smallest absolute Gasteiger partial charge is 0.264 e. The Labute approximate surface area is 131 Å². The molecule has 0 fully saturated rings. The highest BCUT2D eigenvalue weighted by Crippen LogP contribution is 2.18. The molecule has 0 radical (unpaired) electrons. The average Bonchev–Trinajstić information content (AvgIpc) is 2.43. The number of H-pyrrole nitrogens is 1. The lowest BCUT2D eigenvalue weighted by atomic mass is 10.1. The highest BCUT2D eigenvalue weighted by molar-refractivity contribution is 14.1. The number of hydrogen-bond acceptors (Lipinski definition) is 4. The van der Waals surface area contributed by atoms with Crippen LogP contribution in [0.25, 0.3) is 11.4 Å². The Morgan fingerprint density at radius 2 is 2.15 bits per heavy atom. The van der Waals surface area contributed by atoms with Crippen molar-refractivity contribution < 1.29 is 4.74 Å². The Kier molecular flexibility index (Phi) is 4.74. The standard InChI is InChI=1S/C14H16IN3O2/c1-8(2)6-10-12(15)14(19)18-13(17-10)9-4-5-11(20-3)16-7-9/h4-5,7-8H,6H2,1-3H3,(H,17,18,19). The molecule has 6 heteroatoms. The van der Waals surface area contributed by atoms with Crippen molar-refractivity contribution in [2.45, 2.75) is 20.3 Å². The molecule has 5 nitrogen and oxygen atoms in total. The number of aromatic nitrogens is 3. The second-order valence-electron chi connectivity index (χ2n) is 4.86. The molecule has 0 saturated carbocycles. The lowest BCUT2D eigenvalue weighted by Crippen LogP contribution is -2.17. The topological polar surface area (TPSA) is 67.9 Å². The molecule has 1 N–H and O–H groups in total. The van der Waals surface area contributed by atoms with Crippen molar-refractivity contribution in [1.29, 1.82) is 0 Å². The van der Waals surface area contributed by atoms with Crippen LogP contribution in [0.15, 0.2) is 23.1 Å². The molecule has 2 rings (SSSR count). The van der Waals surface area contributed by atoms with Gasteiger partial charge in [-0.25, -0.2) is 9.97 Å². The van der Waals surface area contributed by atoms with Crippen LogP contribution in [-0.4, -0.2) is 22.1 Å².